The summed E-state index contributed by atoms with van der Waals surface area (Å²) < 4.78 is 6.67. The van der Waals surface area contributed by atoms with Crippen molar-refractivity contribution in [3.8, 4) is 11.4 Å². The van der Waals surface area contributed by atoms with Gasteiger partial charge in [0.15, 0.2) is 0 Å². The maximum atomic E-state index is 12.2. The Hall–Kier alpha value is -3.15. The van der Waals surface area contributed by atoms with Gasteiger partial charge in [0.1, 0.15) is 12.1 Å². The van der Waals surface area contributed by atoms with Gasteiger partial charge in [-0.05, 0) is 24.3 Å². The van der Waals surface area contributed by atoms with Crippen LogP contribution in [-0.4, -0.2) is 27.8 Å². The van der Waals surface area contributed by atoms with Crippen LogP contribution in [0.3, 0.4) is 0 Å². The summed E-state index contributed by atoms with van der Waals surface area (Å²) in [4.78, 5) is 16.2. The molecule has 0 bridgehead atoms. The second-order valence-corrected chi connectivity index (χ2v) is 4.53. The number of nitrogens with one attached hydrogen (secondary N) is 1. The van der Waals surface area contributed by atoms with Crippen LogP contribution in [-0.2, 0) is 0 Å². The standard InChI is InChI=1S/C16H14N4O2/c1-22-14-9-5-6-12(10-14)18-16(21)15-17-11-20(19-15)13-7-3-2-4-8-13/h2-11H,1H3,(H,18,21). The zero-order chi connectivity index (χ0) is 15.4. The SMILES string of the molecule is COc1cccc(NC(=O)c2ncn(-c3ccccc3)n2)c1. The number of amides is 1. The van der Waals surface area contributed by atoms with Crippen LogP contribution < -0.4 is 10.1 Å². The van der Waals surface area contributed by atoms with Gasteiger partial charge >= 0.3 is 0 Å². The Labute approximate surface area is 127 Å². The zero-order valence-corrected chi connectivity index (χ0v) is 11.9. The largest absolute Gasteiger partial charge is 0.497 e. The lowest BCUT2D eigenvalue weighted by Gasteiger charge is -2.04. The molecule has 1 amide bonds. The molecule has 0 radical (unpaired) electrons. The predicted octanol–water partition coefficient (Wildman–Crippen LogP) is 2.53. The Morgan fingerprint density at radius 2 is 1.95 bits per heavy atom. The molecule has 0 atom stereocenters. The van der Waals surface area contributed by atoms with Crippen molar-refractivity contribution < 1.29 is 9.53 Å². The van der Waals surface area contributed by atoms with Crippen LogP contribution in [0, 0.1) is 0 Å². The minimum absolute atomic E-state index is 0.103. The summed E-state index contributed by atoms with van der Waals surface area (Å²) in [5, 5.41) is 6.92. The van der Waals surface area contributed by atoms with Crippen molar-refractivity contribution in [3.63, 3.8) is 0 Å². The normalized spacial score (nSPS) is 10.2. The Bertz CT molecular complexity index is 784. The van der Waals surface area contributed by atoms with E-state index < -0.39 is 0 Å². The van der Waals surface area contributed by atoms with E-state index in [0.717, 1.165) is 5.69 Å². The van der Waals surface area contributed by atoms with Gasteiger partial charge in [0.05, 0.1) is 12.8 Å². The lowest BCUT2D eigenvalue weighted by atomic mass is 10.3. The summed E-state index contributed by atoms with van der Waals surface area (Å²) in [7, 11) is 1.57. The topological polar surface area (TPSA) is 69.0 Å². The van der Waals surface area contributed by atoms with E-state index in [1.54, 1.807) is 36.1 Å². The molecule has 6 nitrogen and oxygen atoms in total. The average Bonchev–Trinajstić information content (AvgIpc) is 3.06. The van der Waals surface area contributed by atoms with E-state index in [0.29, 0.717) is 11.4 Å². The lowest BCUT2D eigenvalue weighted by Crippen LogP contribution is -2.14. The van der Waals surface area contributed by atoms with Crippen LogP contribution in [0.25, 0.3) is 5.69 Å². The van der Waals surface area contributed by atoms with Crippen molar-refractivity contribution in [2.45, 2.75) is 0 Å². The third-order valence-corrected chi connectivity index (χ3v) is 3.04. The van der Waals surface area contributed by atoms with Gasteiger partial charge in [-0.2, -0.15) is 0 Å². The number of aromatic nitrogens is 3. The molecule has 0 unspecified atom stereocenters. The highest BCUT2D eigenvalue weighted by Gasteiger charge is 2.12. The molecule has 6 heteroatoms. The van der Waals surface area contributed by atoms with Gasteiger partial charge in [-0.15, -0.1) is 5.10 Å². The van der Waals surface area contributed by atoms with Gasteiger partial charge in [-0.1, -0.05) is 24.3 Å². The quantitative estimate of drug-likeness (QED) is 0.802. The molecule has 1 heterocycles. The summed E-state index contributed by atoms with van der Waals surface area (Å²) in [6.07, 6.45) is 1.51. The number of anilines is 1. The third kappa shape index (κ3) is 2.95. The molecule has 22 heavy (non-hydrogen) atoms. The molecule has 0 saturated heterocycles. The second-order valence-electron chi connectivity index (χ2n) is 4.53. The van der Waals surface area contributed by atoms with Gasteiger partial charge in [0.2, 0.25) is 5.82 Å². The molecular formula is C16H14N4O2. The van der Waals surface area contributed by atoms with Gasteiger partial charge in [0, 0.05) is 11.8 Å². The van der Waals surface area contributed by atoms with Gasteiger partial charge in [-0.25, -0.2) is 9.67 Å². The Morgan fingerprint density at radius 1 is 1.14 bits per heavy atom. The van der Waals surface area contributed by atoms with Crippen LogP contribution in [0.2, 0.25) is 0 Å². The van der Waals surface area contributed by atoms with Crippen LogP contribution >= 0.6 is 0 Å². The van der Waals surface area contributed by atoms with Crippen molar-refractivity contribution in [1.29, 1.82) is 0 Å². The number of para-hydroxylation sites is 1. The smallest absolute Gasteiger partial charge is 0.295 e. The molecule has 3 aromatic rings. The van der Waals surface area contributed by atoms with Crippen molar-refractivity contribution in [2.24, 2.45) is 0 Å². The van der Waals surface area contributed by atoms with E-state index >= 15 is 0 Å². The van der Waals surface area contributed by atoms with Crippen LogP contribution in [0.15, 0.2) is 60.9 Å². The van der Waals surface area contributed by atoms with Crippen molar-refractivity contribution in [3.05, 3.63) is 66.7 Å². The second kappa shape index (κ2) is 6.09. The van der Waals surface area contributed by atoms with Gasteiger partial charge in [-0.3, -0.25) is 4.79 Å². The number of hydrogen-bond donors (Lipinski definition) is 1. The first-order valence-corrected chi connectivity index (χ1v) is 6.69. The molecule has 1 N–H and O–H groups in total. The van der Waals surface area contributed by atoms with E-state index in [1.165, 1.54) is 6.33 Å². The van der Waals surface area contributed by atoms with Gasteiger partial charge in [0.25, 0.3) is 5.91 Å². The first-order chi connectivity index (χ1) is 10.8. The van der Waals surface area contributed by atoms with Crippen LogP contribution in [0.5, 0.6) is 5.75 Å². The number of carbonyl (C=O) groups excluding carboxylic acids is 1. The lowest BCUT2D eigenvalue weighted by molar-refractivity contribution is 0.101. The molecule has 0 fully saturated rings. The summed E-state index contributed by atoms with van der Waals surface area (Å²) in [5.74, 6) is 0.398. The number of benzene rings is 2. The van der Waals surface area contributed by atoms with Crippen molar-refractivity contribution in [1.82, 2.24) is 14.8 Å². The fraction of sp³-hybridized carbons (Fsp3) is 0.0625. The highest BCUT2D eigenvalue weighted by atomic mass is 16.5. The first-order valence-electron chi connectivity index (χ1n) is 6.69. The fourth-order valence-electron chi connectivity index (χ4n) is 1.96. The van der Waals surface area contributed by atoms with Crippen LogP contribution in [0.1, 0.15) is 10.6 Å². The fourth-order valence-corrected chi connectivity index (χ4v) is 1.96. The molecule has 0 spiro atoms. The van der Waals surface area contributed by atoms with E-state index in [-0.39, 0.29) is 11.7 Å². The summed E-state index contributed by atoms with van der Waals surface area (Å²) in [6, 6.07) is 16.6. The summed E-state index contributed by atoms with van der Waals surface area (Å²) in [5.41, 5.74) is 1.47. The number of ether oxygens (including phenoxy) is 1. The number of methoxy groups -OCH3 is 1. The van der Waals surface area contributed by atoms with Crippen LogP contribution in [0.4, 0.5) is 5.69 Å². The van der Waals surface area contributed by atoms with E-state index in [9.17, 15) is 4.79 Å². The maximum absolute atomic E-state index is 12.2. The summed E-state index contributed by atoms with van der Waals surface area (Å²) in [6.45, 7) is 0. The highest BCUT2D eigenvalue weighted by Crippen LogP contribution is 2.17. The Morgan fingerprint density at radius 3 is 2.73 bits per heavy atom. The summed E-state index contributed by atoms with van der Waals surface area (Å²) >= 11 is 0. The van der Waals surface area contributed by atoms with E-state index in [1.807, 2.05) is 30.3 Å². The number of nitrogens with zero attached hydrogens (tertiary/aromatic N) is 3. The number of hydrogen-bond acceptors (Lipinski definition) is 4. The molecule has 0 aliphatic heterocycles. The zero-order valence-electron chi connectivity index (χ0n) is 11.9. The molecule has 1 aromatic heterocycles. The molecule has 0 aliphatic carbocycles. The van der Waals surface area contributed by atoms with E-state index in [4.69, 9.17) is 4.74 Å². The molecule has 3 rings (SSSR count). The maximum Gasteiger partial charge on any atom is 0.295 e. The Kier molecular flexibility index (Phi) is 3.82. The van der Waals surface area contributed by atoms with Crippen molar-refractivity contribution >= 4 is 11.6 Å². The monoisotopic (exact) mass is 294 g/mol. The minimum Gasteiger partial charge on any atom is -0.497 e. The van der Waals surface area contributed by atoms with Gasteiger partial charge < -0.3 is 10.1 Å². The Balaban J connectivity index is 1.77. The highest BCUT2D eigenvalue weighted by molar-refractivity contribution is 6.01. The van der Waals surface area contributed by atoms with Crippen molar-refractivity contribution in [2.75, 3.05) is 12.4 Å². The molecule has 110 valence electrons. The molecule has 2 aromatic carbocycles. The minimum atomic E-state index is -0.372. The number of rotatable bonds is 4. The van der Waals surface area contributed by atoms with E-state index in [2.05, 4.69) is 15.4 Å². The third-order valence-electron chi connectivity index (χ3n) is 3.04. The molecule has 0 saturated carbocycles. The number of carbonyl (C=O) groups is 1. The average molecular weight is 294 g/mol. The molecular weight excluding hydrogens is 280 g/mol. The first kappa shape index (κ1) is 13.8. The molecule has 0 aliphatic rings. The predicted molar refractivity (Wildman–Crippen MR) is 82.3 cm³/mol.